The number of allylic oxidation sites excluding steroid dienone is 5. The van der Waals surface area contributed by atoms with Crippen molar-refractivity contribution in [1.29, 1.82) is 0 Å². The van der Waals surface area contributed by atoms with Crippen molar-refractivity contribution in [1.82, 2.24) is 4.98 Å². The minimum atomic E-state index is -0.699. The number of alkyl halides is 1. The van der Waals surface area contributed by atoms with Crippen molar-refractivity contribution in [2.75, 3.05) is 6.67 Å². The lowest BCUT2D eigenvalue weighted by Gasteiger charge is -2.24. The molecule has 1 aromatic carbocycles. The Balaban J connectivity index is 1.92. The summed E-state index contributed by atoms with van der Waals surface area (Å²) in [5, 5.41) is 10.9. The van der Waals surface area contributed by atoms with E-state index in [0.29, 0.717) is 12.3 Å². The summed E-state index contributed by atoms with van der Waals surface area (Å²) in [5.74, 6) is -0.0285. The number of carbonyl (C=O) groups is 1. The molecule has 4 nitrogen and oxygen atoms in total. The van der Waals surface area contributed by atoms with Gasteiger partial charge in [0.15, 0.2) is 0 Å². The molecule has 1 saturated carbocycles. The van der Waals surface area contributed by atoms with E-state index in [0.717, 1.165) is 51.7 Å². The van der Waals surface area contributed by atoms with Crippen molar-refractivity contribution in [3.8, 4) is 0 Å². The summed E-state index contributed by atoms with van der Waals surface area (Å²) in [6, 6.07) is 6.16. The van der Waals surface area contributed by atoms with Gasteiger partial charge in [-0.05, 0) is 43.0 Å². The molecule has 1 saturated heterocycles. The Labute approximate surface area is 187 Å². The third-order valence-electron chi connectivity index (χ3n) is 5.81. The molecule has 1 aliphatic heterocycles. The Morgan fingerprint density at radius 3 is 2.88 bits per heavy atom. The van der Waals surface area contributed by atoms with Gasteiger partial charge in [-0.3, -0.25) is 9.78 Å². The second kappa shape index (κ2) is 9.61. The topological polar surface area (TPSA) is 59.4 Å². The zero-order valence-corrected chi connectivity index (χ0v) is 18.3. The maximum Gasteiger partial charge on any atom is 0.309 e. The number of rotatable bonds is 7. The van der Waals surface area contributed by atoms with Crippen molar-refractivity contribution in [2.45, 2.75) is 50.7 Å². The Kier molecular flexibility index (Phi) is 6.66. The van der Waals surface area contributed by atoms with E-state index in [1.165, 1.54) is 6.08 Å². The van der Waals surface area contributed by atoms with Crippen LogP contribution in [-0.4, -0.2) is 34.9 Å². The molecule has 1 aromatic heterocycles. The number of aromatic nitrogens is 1. The number of benzene rings is 1. The van der Waals surface area contributed by atoms with E-state index in [9.17, 15) is 14.3 Å². The summed E-state index contributed by atoms with van der Waals surface area (Å²) in [4.78, 5) is 16.8. The predicted molar refractivity (Wildman–Crippen MR) is 126 cm³/mol. The molecule has 2 unspecified atom stereocenters. The van der Waals surface area contributed by atoms with E-state index >= 15 is 0 Å². The third kappa shape index (κ3) is 4.89. The first kappa shape index (κ1) is 22.2. The van der Waals surface area contributed by atoms with Gasteiger partial charge in [-0.15, -0.1) is 0 Å². The average molecular weight is 434 g/mol. The van der Waals surface area contributed by atoms with Gasteiger partial charge in [0.2, 0.25) is 0 Å². The average Bonchev–Trinajstić information content (AvgIpc) is 3.59. The summed E-state index contributed by atoms with van der Waals surface area (Å²) >= 11 is 0. The van der Waals surface area contributed by atoms with Crippen molar-refractivity contribution in [3.63, 3.8) is 0 Å². The molecule has 2 aliphatic rings. The third-order valence-corrected chi connectivity index (χ3v) is 5.81. The molecular weight excluding hydrogens is 405 g/mol. The lowest BCUT2D eigenvalue weighted by molar-refractivity contribution is -0.156. The normalized spacial score (nSPS) is 22.1. The summed E-state index contributed by atoms with van der Waals surface area (Å²) in [5.41, 5.74) is 5.77. The fraction of sp³-hybridized carbons (Fsp3) is 0.333. The van der Waals surface area contributed by atoms with Crippen LogP contribution in [0.15, 0.2) is 55.2 Å². The molecule has 166 valence electrons. The number of carbonyl (C=O) groups excluding carboxylic acids is 1. The predicted octanol–water partition coefficient (Wildman–Crippen LogP) is 5.60. The van der Waals surface area contributed by atoms with Crippen LogP contribution in [-0.2, 0) is 9.53 Å². The summed E-state index contributed by atoms with van der Waals surface area (Å²) < 4.78 is 18.4. The number of aliphatic hydroxyl groups is 1. The number of fused-ring (bicyclic) bond motifs is 1. The van der Waals surface area contributed by atoms with Crippen LogP contribution in [0.4, 0.5) is 4.39 Å². The van der Waals surface area contributed by atoms with Crippen LogP contribution in [0.3, 0.4) is 0 Å². The minimum Gasteiger partial charge on any atom is -0.458 e. The molecule has 0 amide bonds. The molecule has 1 aliphatic carbocycles. The quantitative estimate of drug-likeness (QED) is 0.456. The van der Waals surface area contributed by atoms with Crippen molar-refractivity contribution in [2.24, 2.45) is 0 Å². The molecule has 0 bridgehead atoms. The fourth-order valence-electron chi connectivity index (χ4n) is 4.21. The van der Waals surface area contributed by atoms with E-state index in [1.807, 2.05) is 37.3 Å². The molecule has 0 spiro atoms. The van der Waals surface area contributed by atoms with Crippen molar-refractivity contribution < 1.29 is 19.0 Å². The zero-order chi connectivity index (χ0) is 22.7. The Bertz CT molecular complexity index is 1130. The molecule has 2 fully saturated rings. The smallest absolute Gasteiger partial charge is 0.309 e. The second-order valence-corrected chi connectivity index (χ2v) is 8.48. The van der Waals surface area contributed by atoms with Crippen molar-refractivity contribution in [3.05, 3.63) is 77.5 Å². The van der Waals surface area contributed by atoms with Crippen LogP contribution < -0.4 is 0 Å². The summed E-state index contributed by atoms with van der Waals surface area (Å²) in [6.45, 7) is 5.32. The molecule has 2 atom stereocenters. The van der Waals surface area contributed by atoms with Gasteiger partial charge in [0.05, 0.1) is 23.7 Å². The number of halogens is 1. The Morgan fingerprint density at radius 2 is 2.19 bits per heavy atom. The van der Waals surface area contributed by atoms with Gasteiger partial charge < -0.3 is 9.84 Å². The number of esters is 1. The SMILES string of the molecule is C=C/C=C(\C=C/CF)c1c(/C=C/C2CC(O)CC(=O)O2)c(C2CC2)nc2cc(C)ccc12. The fourth-order valence-corrected chi connectivity index (χ4v) is 4.21. The van der Waals surface area contributed by atoms with Crippen LogP contribution in [0.1, 0.15) is 54.0 Å². The Morgan fingerprint density at radius 1 is 1.38 bits per heavy atom. The summed E-state index contributed by atoms with van der Waals surface area (Å²) in [7, 11) is 0. The molecule has 2 heterocycles. The van der Waals surface area contributed by atoms with Crippen LogP contribution >= 0.6 is 0 Å². The Hall–Kier alpha value is -3.05. The van der Waals surface area contributed by atoms with E-state index < -0.39 is 24.9 Å². The number of aliphatic hydroxyl groups excluding tert-OH is 1. The van der Waals surface area contributed by atoms with E-state index in [4.69, 9.17) is 9.72 Å². The highest BCUT2D eigenvalue weighted by Gasteiger charge is 2.30. The van der Waals surface area contributed by atoms with Crippen molar-refractivity contribution >= 4 is 28.5 Å². The van der Waals surface area contributed by atoms with E-state index in [-0.39, 0.29) is 6.42 Å². The second-order valence-electron chi connectivity index (χ2n) is 8.48. The zero-order valence-electron chi connectivity index (χ0n) is 18.3. The maximum atomic E-state index is 13.0. The molecule has 2 aromatic rings. The lowest BCUT2D eigenvalue weighted by Crippen LogP contribution is -2.31. The van der Waals surface area contributed by atoms with Gasteiger partial charge in [0.25, 0.3) is 0 Å². The maximum absolute atomic E-state index is 13.0. The first-order valence-electron chi connectivity index (χ1n) is 11.1. The molecule has 4 rings (SSSR count). The number of aryl methyl sites for hydroxylation is 1. The van der Waals surface area contributed by atoms with Gasteiger partial charge in [0, 0.05) is 28.9 Å². The number of pyridine rings is 1. The lowest BCUT2D eigenvalue weighted by atomic mass is 9.90. The highest BCUT2D eigenvalue weighted by atomic mass is 19.1. The number of hydrogen-bond acceptors (Lipinski definition) is 4. The van der Waals surface area contributed by atoms with Gasteiger partial charge in [-0.2, -0.15) is 0 Å². The van der Waals surface area contributed by atoms with Crippen LogP contribution in [0.25, 0.3) is 22.6 Å². The van der Waals surface area contributed by atoms with Gasteiger partial charge in [0.1, 0.15) is 12.8 Å². The largest absolute Gasteiger partial charge is 0.458 e. The van der Waals surface area contributed by atoms with Crippen LogP contribution in [0.5, 0.6) is 0 Å². The number of ether oxygens (including phenoxy) is 1. The van der Waals surface area contributed by atoms with Gasteiger partial charge in [-0.25, -0.2) is 4.39 Å². The van der Waals surface area contributed by atoms with Crippen LogP contribution in [0, 0.1) is 6.92 Å². The standard InChI is InChI=1S/C27H28FNO3/c1-3-5-18(6-4-13-28)26-22-11-7-17(2)14-24(22)29-27(19-8-9-19)23(26)12-10-21-15-20(30)16-25(31)32-21/h3-7,10-12,14,19-21,30H,1,8-9,13,15-16H2,2H3/b6-4-,12-10+,18-5+. The molecule has 1 N–H and O–H groups in total. The monoisotopic (exact) mass is 433 g/mol. The van der Waals surface area contributed by atoms with E-state index in [1.54, 1.807) is 12.2 Å². The van der Waals surface area contributed by atoms with Crippen LogP contribution in [0.2, 0.25) is 0 Å². The number of hydrogen-bond donors (Lipinski definition) is 1. The molecule has 5 heteroatoms. The first-order chi connectivity index (χ1) is 15.5. The van der Waals surface area contributed by atoms with E-state index in [2.05, 4.69) is 12.6 Å². The summed E-state index contributed by atoms with van der Waals surface area (Å²) in [6.07, 6.45) is 12.0. The molecule has 32 heavy (non-hydrogen) atoms. The number of cyclic esters (lactones) is 1. The highest BCUT2D eigenvalue weighted by Crippen LogP contribution is 2.44. The van der Waals surface area contributed by atoms with Gasteiger partial charge in [-0.1, -0.05) is 49.1 Å². The highest BCUT2D eigenvalue weighted by molar-refractivity contribution is 5.99. The first-order valence-corrected chi connectivity index (χ1v) is 11.1. The number of nitrogens with zero attached hydrogens (tertiary/aromatic N) is 1. The molecule has 0 radical (unpaired) electrons. The molecular formula is C27H28FNO3. The minimum absolute atomic E-state index is 0.0278. The van der Waals surface area contributed by atoms with Gasteiger partial charge >= 0.3 is 5.97 Å².